The minimum atomic E-state index is -0.143. The van der Waals surface area contributed by atoms with Crippen molar-refractivity contribution in [1.82, 2.24) is 9.97 Å². The Morgan fingerprint density at radius 1 is 1.12 bits per heavy atom. The molecule has 1 aromatic heterocycles. The van der Waals surface area contributed by atoms with Crippen molar-refractivity contribution in [2.24, 2.45) is 5.41 Å². The second-order valence-electron chi connectivity index (χ2n) is 7.25. The van der Waals surface area contributed by atoms with Crippen LogP contribution in [0, 0.1) is 5.41 Å². The predicted octanol–water partition coefficient (Wildman–Crippen LogP) is 5.39. The van der Waals surface area contributed by atoms with Crippen LogP contribution in [0.2, 0.25) is 10.0 Å². The van der Waals surface area contributed by atoms with E-state index in [2.05, 4.69) is 14.9 Å². The Kier molecular flexibility index (Phi) is 5.22. The van der Waals surface area contributed by atoms with Crippen LogP contribution in [0.15, 0.2) is 39.1 Å². The predicted molar refractivity (Wildman–Crippen MR) is 108 cm³/mol. The fourth-order valence-electron chi connectivity index (χ4n) is 4.15. The Balaban J connectivity index is 1.48. The second-order valence-corrected chi connectivity index (χ2v) is 9.12. The summed E-state index contributed by atoms with van der Waals surface area (Å²) < 4.78 is 0. The van der Waals surface area contributed by atoms with E-state index in [1.54, 1.807) is 12.3 Å². The van der Waals surface area contributed by atoms with Crippen LogP contribution in [0.5, 0.6) is 0 Å². The molecule has 0 amide bonds. The molecule has 1 aromatic carbocycles. The Bertz CT molecular complexity index is 854. The number of nitrogens with zero attached hydrogens (tertiary/aromatic N) is 2. The van der Waals surface area contributed by atoms with E-state index in [1.165, 1.54) is 50.3 Å². The van der Waals surface area contributed by atoms with Crippen LogP contribution >= 0.6 is 35.0 Å². The van der Waals surface area contributed by atoms with Crippen LogP contribution in [0.1, 0.15) is 38.5 Å². The van der Waals surface area contributed by atoms with Crippen molar-refractivity contribution in [3.8, 4) is 0 Å². The largest absolute Gasteiger partial charge is 0.352 e. The minimum Gasteiger partial charge on any atom is -0.352 e. The van der Waals surface area contributed by atoms with Crippen LogP contribution in [-0.2, 0) is 0 Å². The van der Waals surface area contributed by atoms with Gasteiger partial charge in [-0.3, -0.25) is 4.79 Å². The molecule has 0 unspecified atom stereocenters. The molecule has 1 aliphatic carbocycles. The van der Waals surface area contributed by atoms with E-state index in [1.807, 2.05) is 12.1 Å². The molecule has 2 fully saturated rings. The maximum Gasteiger partial charge on any atom is 0.291 e. The fourth-order valence-corrected chi connectivity index (χ4v) is 5.46. The number of nitrogens with one attached hydrogen (secondary N) is 1. The Morgan fingerprint density at radius 3 is 2.54 bits per heavy atom. The Hall–Kier alpha value is -1.17. The van der Waals surface area contributed by atoms with E-state index in [0.717, 1.165) is 18.0 Å². The third-order valence-corrected chi connectivity index (χ3v) is 7.59. The van der Waals surface area contributed by atoms with Crippen molar-refractivity contribution in [2.45, 2.75) is 48.4 Å². The average molecular weight is 410 g/mol. The van der Waals surface area contributed by atoms with Crippen molar-refractivity contribution in [1.29, 1.82) is 0 Å². The number of hydrogen-bond donors (Lipinski definition) is 1. The highest BCUT2D eigenvalue weighted by Crippen LogP contribution is 2.46. The first-order chi connectivity index (χ1) is 12.6. The molecule has 2 heterocycles. The Morgan fingerprint density at radius 2 is 1.85 bits per heavy atom. The number of aromatic nitrogens is 2. The third kappa shape index (κ3) is 3.62. The highest BCUT2D eigenvalue weighted by Gasteiger charge is 2.37. The highest BCUT2D eigenvalue weighted by molar-refractivity contribution is 7.99. The van der Waals surface area contributed by atoms with Gasteiger partial charge in [-0.05, 0) is 43.2 Å². The van der Waals surface area contributed by atoms with E-state index in [0.29, 0.717) is 26.3 Å². The van der Waals surface area contributed by atoms with Crippen molar-refractivity contribution < 1.29 is 0 Å². The van der Waals surface area contributed by atoms with E-state index in [9.17, 15) is 4.79 Å². The molecule has 7 heteroatoms. The molecule has 1 N–H and O–H groups in total. The monoisotopic (exact) mass is 409 g/mol. The number of anilines is 1. The van der Waals surface area contributed by atoms with E-state index < -0.39 is 0 Å². The number of H-pyrrole nitrogens is 1. The zero-order valence-corrected chi connectivity index (χ0v) is 16.8. The van der Waals surface area contributed by atoms with Gasteiger partial charge in [0.2, 0.25) is 0 Å². The van der Waals surface area contributed by atoms with Gasteiger partial charge in [0.1, 0.15) is 0 Å². The summed E-state index contributed by atoms with van der Waals surface area (Å²) in [6.07, 6.45) is 9.46. The summed E-state index contributed by atoms with van der Waals surface area (Å²) in [5, 5.41) is 1.65. The van der Waals surface area contributed by atoms with Crippen LogP contribution in [0.4, 0.5) is 5.82 Å². The number of aromatic amines is 1. The van der Waals surface area contributed by atoms with Gasteiger partial charge in [-0.1, -0.05) is 53.9 Å². The summed E-state index contributed by atoms with van der Waals surface area (Å²) in [5.74, 6) is 0.527. The first-order valence-corrected chi connectivity index (χ1v) is 10.6. The van der Waals surface area contributed by atoms with Crippen LogP contribution in [0.25, 0.3) is 0 Å². The molecule has 4 rings (SSSR count). The van der Waals surface area contributed by atoms with Gasteiger partial charge in [0.05, 0.1) is 21.3 Å². The fraction of sp³-hybridized carbons (Fsp3) is 0.474. The lowest BCUT2D eigenvalue weighted by Gasteiger charge is -2.39. The normalized spacial score (nSPS) is 19.2. The zero-order valence-electron chi connectivity index (χ0n) is 14.4. The first-order valence-electron chi connectivity index (χ1n) is 9.03. The summed E-state index contributed by atoms with van der Waals surface area (Å²) in [4.78, 5) is 22.9. The highest BCUT2D eigenvalue weighted by atomic mass is 35.5. The summed E-state index contributed by atoms with van der Waals surface area (Å²) in [6.45, 7) is 1.84. The van der Waals surface area contributed by atoms with Gasteiger partial charge in [-0.25, -0.2) is 4.98 Å². The smallest absolute Gasteiger partial charge is 0.291 e. The molecule has 0 radical (unpaired) electrons. The molecular formula is C19H21Cl2N3OS. The minimum absolute atomic E-state index is 0.143. The number of hydrogen-bond acceptors (Lipinski definition) is 4. The zero-order chi connectivity index (χ0) is 18.1. The quantitative estimate of drug-likeness (QED) is 0.737. The van der Waals surface area contributed by atoms with Crippen molar-refractivity contribution in [2.75, 3.05) is 18.0 Å². The summed E-state index contributed by atoms with van der Waals surface area (Å²) in [5.41, 5.74) is 0.387. The molecule has 0 atom stereocenters. The number of rotatable bonds is 3. The van der Waals surface area contributed by atoms with Crippen LogP contribution in [0.3, 0.4) is 0 Å². The van der Waals surface area contributed by atoms with Crippen molar-refractivity contribution in [3.05, 3.63) is 44.8 Å². The topological polar surface area (TPSA) is 49.0 Å². The number of halogens is 2. The molecule has 26 heavy (non-hydrogen) atoms. The van der Waals surface area contributed by atoms with Gasteiger partial charge < -0.3 is 9.88 Å². The molecule has 1 saturated carbocycles. The molecule has 1 spiro atoms. The lowest BCUT2D eigenvalue weighted by atomic mass is 9.77. The molecule has 2 aromatic rings. The first kappa shape index (κ1) is 18.2. The lowest BCUT2D eigenvalue weighted by Crippen LogP contribution is -2.41. The summed E-state index contributed by atoms with van der Waals surface area (Å²) >= 11 is 13.6. The third-order valence-electron chi connectivity index (χ3n) is 5.67. The van der Waals surface area contributed by atoms with Gasteiger partial charge in [-0.2, -0.15) is 0 Å². The molecule has 1 saturated heterocycles. The van der Waals surface area contributed by atoms with Gasteiger partial charge in [0, 0.05) is 18.0 Å². The van der Waals surface area contributed by atoms with Gasteiger partial charge in [0.25, 0.3) is 5.56 Å². The van der Waals surface area contributed by atoms with E-state index >= 15 is 0 Å². The van der Waals surface area contributed by atoms with Gasteiger partial charge >= 0.3 is 0 Å². The molecule has 1 aliphatic heterocycles. The van der Waals surface area contributed by atoms with Crippen molar-refractivity contribution in [3.63, 3.8) is 0 Å². The molecule has 138 valence electrons. The standard InChI is InChI=1S/C19H21Cl2N3OS/c20-13-4-3-5-14(16(13)21)26-15-12-22-17(18(25)23-15)24-10-8-19(9-11-24)6-1-2-7-19/h3-5,12H,1-2,6-11H2,(H,23,25). The summed E-state index contributed by atoms with van der Waals surface area (Å²) in [7, 11) is 0. The Labute approximate surface area is 167 Å². The average Bonchev–Trinajstić information content (AvgIpc) is 3.08. The lowest BCUT2D eigenvalue weighted by molar-refractivity contribution is 0.226. The maximum atomic E-state index is 12.6. The second kappa shape index (κ2) is 7.45. The number of piperidine rings is 1. The van der Waals surface area contributed by atoms with Gasteiger partial charge in [0.15, 0.2) is 5.82 Å². The van der Waals surface area contributed by atoms with E-state index in [4.69, 9.17) is 23.2 Å². The summed E-state index contributed by atoms with van der Waals surface area (Å²) in [6, 6.07) is 5.45. The van der Waals surface area contributed by atoms with Crippen molar-refractivity contribution >= 4 is 40.8 Å². The molecule has 2 aliphatic rings. The van der Waals surface area contributed by atoms with Crippen LogP contribution < -0.4 is 10.5 Å². The number of benzene rings is 1. The molecule has 0 bridgehead atoms. The molecule has 4 nitrogen and oxygen atoms in total. The molecular weight excluding hydrogens is 389 g/mol. The SMILES string of the molecule is O=c1[nH]c(Sc2cccc(Cl)c2Cl)cnc1N1CCC2(CCCC2)CC1. The van der Waals surface area contributed by atoms with Gasteiger partial charge in [-0.15, -0.1) is 0 Å². The van der Waals surface area contributed by atoms with E-state index in [-0.39, 0.29) is 5.56 Å². The maximum absolute atomic E-state index is 12.6. The van der Waals surface area contributed by atoms with Crippen LogP contribution in [-0.4, -0.2) is 23.1 Å².